The second kappa shape index (κ2) is 6.83. The number of carbonyl (C=O) groups excluding carboxylic acids is 1. The lowest BCUT2D eigenvalue weighted by Gasteiger charge is -2.46. The first-order chi connectivity index (χ1) is 11.6. The lowest BCUT2D eigenvalue weighted by atomic mass is 9.67. The Morgan fingerprint density at radius 2 is 1.92 bits per heavy atom. The minimum atomic E-state index is -0.765. The van der Waals surface area contributed by atoms with Crippen LogP contribution in [0.15, 0.2) is 59.6 Å². The summed E-state index contributed by atoms with van der Waals surface area (Å²) in [6.07, 6.45) is 8.94. The first-order valence-corrected chi connectivity index (χ1v) is 8.25. The Morgan fingerprint density at radius 3 is 2.58 bits per heavy atom. The minimum Gasteiger partial charge on any atom is -0.349 e. The number of fused-ring (bicyclic) bond motifs is 1. The average molecular weight is 325 g/mol. The van der Waals surface area contributed by atoms with E-state index in [0.29, 0.717) is 5.56 Å². The molecule has 0 heterocycles. The molecule has 3 atom stereocenters. The predicted octanol–water partition coefficient (Wildman–Crippen LogP) is 3.66. The maximum absolute atomic E-state index is 12.5. The average Bonchev–Trinajstić information content (AvgIpc) is 2.63. The Balaban J connectivity index is 2.00. The molecule has 0 spiro atoms. The van der Waals surface area contributed by atoms with Gasteiger partial charge in [0.25, 0.3) is 5.91 Å². The summed E-state index contributed by atoms with van der Waals surface area (Å²) in [7, 11) is 3.32. The Bertz CT molecular complexity index is 686. The van der Waals surface area contributed by atoms with Crippen molar-refractivity contribution in [3.8, 4) is 0 Å². The summed E-state index contributed by atoms with van der Waals surface area (Å²) in [6, 6.07) is 9.16. The first-order valence-electron chi connectivity index (χ1n) is 8.25. The number of aliphatic imine (C=N–C) groups is 1. The monoisotopic (exact) mass is 325 g/mol. The fourth-order valence-corrected chi connectivity index (χ4v) is 3.80. The van der Waals surface area contributed by atoms with Crippen LogP contribution in [-0.2, 0) is 9.47 Å². The van der Waals surface area contributed by atoms with E-state index in [4.69, 9.17) is 9.47 Å². The number of carbonyl (C=O) groups is 1. The van der Waals surface area contributed by atoms with Crippen LogP contribution in [0.4, 0.5) is 0 Å². The minimum absolute atomic E-state index is 0.0903. The van der Waals surface area contributed by atoms with Crippen LogP contribution in [0.5, 0.6) is 0 Å². The van der Waals surface area contributed by atoms with Crippen molar-refractivity contribution in [3.63, 3.8) is 0 Å². The van der Waals surface area contributed by atoms with Crippen LogP contribution < -0.4 is 0 Å². The van der Waals surface area contributed by atoms with E-state index in [9.17, 15) is 4.79 Å². The number of allylic oxidation sites excluding steroid dienone is 3. The fourth-order valence-electron chi connectivity index (χ4n) is 3.80. The third-order valence-electron chi connectivity index (χ3n) is 5.06. The zero-order valence-electron chi connectivity index (χ0n) is 14.3. The predicted molar refractivity (Wildman–Crippen MR) is 94.0 cm³/mol. The molecule has 0 saturated heterocycles. The van der Waals surface area contributed by atoms with E-state index in [0.717, 1.165) is 12.1 Å². The largest absolute Gasteiger partial charge is 0.349 e. The van der Waals surface area contributed by atoms with E-state index in [2.05, 4.69) is 24.1 Å². The van der Waals surface area contributed by atoms with Gasteiger partial charge in [-0.15, -0.1) is 0 Å². The molecule has 4 nitrogen and oxygen atoms in total. The van der Waals surface area contributed by atoms with Gasteiger partial charge in [0.1, 0.15) is 0 Å². The van der Waals surface area contributed by atoms with Gasteiger partial charge in [0.15, 0.2) is 5.79 Å². The molecule has 0 radical (unpaired) electrons. The fraction of sp³-hybridized carbons (Fsp3) is 0.400. The topological polar surface area (TPSA) is 47.9 Å². The zero-order valence-corrected chi connectivity index (χ0v) is 14.3. The summed E-state index contributed by atoms with van der Waals surface area (Å²) in [5.41, 5.74) is 1.40. The highest BCUT2D eigenvalue weighted by Gasteiger charge is 2.48. The van der Waals surface area contributed by atoms with Crippen molar-refractivity contribution in [1.29, 1.82) is 0 Å². The zero-order chi connectivity index (χ0) is 17.2. The number of methoxy groups -OCH3 is 2. The molecule has 2 aliphatic carbocycles. The van der Waals surface area contributed by atoms with Gasteiger partial charge in [-0.05, 0) is 36.6 Å². The van der Waals surface area contributed by atoms with Crippen LogP contribution in [-0.4, -0.2) is 31.6 Å². The number of benzene rings is 1. The van der Waals surface area contributed by atoms with Crippen molar-refractivity contribution in [1.82, 2.24) is 0 Å². The van der Waals surface area contributed by atoms with Gasteiger partial charge in [-0.25, -0.2) is 4.99 Å². The number of ether oxygens (including phenoxy) is 2. The highest BCUT2D eigenvalue weighted by molar-refractivity contribution is 6.09. The quantitative estimate of drug-likeness (QED) is 0.629. The number of amides is 1. The molecule has 2 aliphatic rings. The lowest BCUT2D eigenvalue weighted by Crippen LogP contribution is -2.51. The maximum atomic E-state index is 12.5. The molecule has 1 amide bonds. The summed E-state index contributed by atoms with van der Waals surface area (Å²) in [4.78, 5) is 16.9. The second-order valence-electron chi connectivity index (χ2n) is 6.33. The van der Waals surface area contributed by atoms with Crippen LogP contribution in [0.3, 0.4) is 0 Å². The van der Waals surface area contributed by atoms with E-state index in [1.165, 1.54) is 0 Å². The van der Waals surface area contributed by atoms with Crippen LogP contribution in [0, 0.1) is 17.8 Å². The number of rotatable bonds is 3. The highest BCUT2D eigenvalue weighted by atomic mass is 16.7. The van der Waals surface area contributed by atoms with Crippen molar-refractivity contribution in [2.75, 3.05) is 14.2 Å². The van der Waals surface area contributed by atoms with Gasteiger partial charge < -0.3 is 9.47 Å². The molecule has 0 aliphatic heterocycles. The lowest BCUT2D eigenvalue weighted by molar-refractivity contribution is -0.214. The Kier molecular flexibility index (Phi) is 4.78. The Labute approximate surface area is 142 Å². The molecule has 0 saturated carbocycles. The molecular weight excluding hydrogens is 302 g/mol. The molecule has 0 bridgehead atoms. The summed E-state index contributed by atoms with van der Waals surface area (Å²) < 4.78 is 11.4. The molecule has 3 rings (SSSR count). The van der Waals surface area contributed by atoms with Crippen molar-refractivity contribution < 1.29 is 14.3 Å². The van der Waals surface area contributed by atoms with Crippen LogP contribution in [0.2, 0.25) is 0 Å². The number of hydrogen-bond donors (Lipinski definition) is 0. The summed E-state index contributed by atoms with van der Waals surface area (Å²) >= 11 is 0. The molecule has 1 aromatic carbocycles. The van der Waals surface area contributed by atoms with Crippen molar-refractivity contribution >= 4 is 11.6 Å². The van der Waals surface area contributed by atoms with Gasteiger partial charge >= 0.3 is 0 Å². The summed E-state index contributed by atoms with van der Waals surface area (Å²) in [5.74, 6) is -0.524. The van der Waals surface area contributed by atoms with Gasteiger partial charge in [-0.1, -0.05) is 37.3 Å². The van der Waals surface area contributed by atoms with E-state index in [1.54, 1.807) is 26.4 Å². The van der Waals surface area contributed by atoms with Gasteiger partial charge in [0.2, 0.25) is 0 Å². The second-order valence-corrected chi connectivity index (χ2v) is 6.33. The van der Waals surface area contributed by atoms with E-state index in [-0.39, 0.29) is 23.7 Å². The highest BCUT2D eigenvalue weighted by Crippen LogP contribution is 2.44. The SMILES string of the molecule is COC1(OC)C=CC(=NC(=O)c2ccccc2)[C@@H]2C(C)C=CC[C@@H]21. The number of hydrogen-bond acceptors (Lipinski definition) is 3. The molecule has 24 heavy (non-hydrogen) atoms. The standard InChI is InChI=1S/C20H23NO3/c1-14-8-7-11-16-18(14)17(12-13-20(16,23-2)24-3)21-19(22)15-9-5-4-6-10-15/h4-10,12-14,16,18H,11H2,1-3H3/t14?,16-,18+/m0/s1. The van der Waals surface area contributed by atoms with Crippen LogP contribution in [0.1, 0.15) is 23.7 Å². The van der Waals surface area contributed by atoms with Crippen LogP contribution >= 0.6 is 0 Å². The van der Waals surface area contributed by atoms with Crippen molar-refractivity contribution in [2.45, 2.75) is 19.1 Å². The normalized spacial score (nSPS) is 29.5. The maximum Gasteiger partial charge on any atom is 0.277 e. The molecule has 1 unspecified atom stereocenters. The molecule has 0 N–H and O–H groups in total. The third kappa shape index (κ3) is 2.87. The molecule has 0 fully saturated rings. The Hall–Kier alpha value is -2.04. The van der Waals surface area contributed by atoms with Crippen LogP contribution in [0.25, 0.3) is 0 Å². The van der Waals surface area contributed by atoms with Gasteiger partial charge in [0, 0.05) is 37.3 Å². The van der Waals surface area contributed by atoms with E-state index < -0.39 is 5.79 Å². The summed E-state index contributed by atoms with van der Waals surface area (Å²) in [5, 5.41) is 0. The summed E-state index contributed by atoms with van der Waals surface area (Å²) in [6.45, 7) is 2.14. The smallest absolute Gasteiger partial charge is 0.277 e. The van der Waals surface area contributed by atoms with E-state index in [1.807, 2.05) is 30.4 Å². The third-order valence-corrected chi connectivity index (χ3v) is 5.06. The van der Waals surface area contributed by atoms with Gasteiger partial charge in [0.05, 0.1) is 0 Å². The number of nitrogens with zero attached hydrogens (tertiary/aromatic N) is 1. The molecule has 1 aromatic rings. The molecule has 126 valence electrons. The van der Waals surface area contributed by atoms with Gasteiger partial charge in [-0.3, -0.25) is 4.79 Å². The Morgan fingerprint density at radius 1 is 1.21 bits per heavy atom. The molecule has 0 aromatic heterocycles. The molecular formula is C20H23NO3. The van der Waals surface area contributed by atoms with E-state index >= 15 is 0 Å². The molecule has 4 heteroatoms. The van der Waals surface area contributed by atoms with Crippen molar-refractivity contribution in [2.24, 2.45) is 22.7 Å². The first kappa shape index (κ1) is 16.8. The van der Waals surface area contributed by atoms with Crippen molar-refractivity contribution in [3.05, 3.63) is 60.2 Å². The van der Waals surface area contributed by atoms with Gasteiger partial charge in [-0.2, -0.15) is 0 Å².